The molecule has 0 N–H and O–H groups in total. The summed E-state index contributed by atoms with van der Waals surface area (Å²) in [5.41, 5.74) is 3.57. The van der Waals surface area contributed by atoms with Crippen LogP contribution in [0, 0.1) is 0 Å². The molecular weight excluding hydrogens is 378 g/mol. The molecule has 0 amide bonds. The molecule has 1 aromatic rings. The maximum absolute atomic E-state index is 6.00. The molecular formula is C17H25OSe2. The van der Waals surface area contributed by atoms with E-state index in [4.69, 9.17) is 4.74 Å². The molecule has 0 bridgehead atoms. The summed E-state index contributed by atoms with van der Waals surface area (Å²) in [5.74, 6) is 1.11. The summed E-state index contributed by atoms with van der Waals surface area (Å²) in [6.45, 7) is 12.5. The van der Waals surface area contributed by atoms with Gasteiger partial charge < -0.3 is 0 Å². The summed E-state index contributed by atoms with van der Waals surface area (Å²) < 4.78 is 7.37. The number of hydrogen-bond donors (Lipinski definition) is 0. The zero-order chi connectivity index (χ0) is 15.0. The summed E-state index contributed by atoms with van der Waals surface area (Å²) in [7, 11) is 0. The molecule has 1 radical (unpaired) electrons. The summed E-state index contributed by atoms with van der Waals surface area (Å²) in [5, 5.41) is 0. The van der Waals surface area contributed by atoms with E-state index in [0.717, 1.165) is 18.8 Å². The molecule has 1 nitrogen and oxygen atoms in total. The number of benzene rings is 1. The third kappa shape index (κ3) is 3.12. The van der Waals surface area contributed by atoms with Crippen LogP contribution in [-0.2, 0) is 10.8 Å². The predicted molar refractivity (Wildman–Crippen MR) is 88.7 cm³/mol. The molecule has 2 rings (SSSR count). The third-order valence-corrected chi connectivity index (χ3v) is 7.47. The standard InChI is InChI=1S/C17H25OSe2/c1-6-9-18-14-10-12-13(11-15(14)20-19)17(4,5)8-7-16(12,2)3/h10-11H,6-9H2,1-5H3. The molecule has 0 atom stereocenters. The molecule has 0 unspecified atom stereocenters. The Kier molecular flexibility index (Phi) is 4.97. The van der Waals surface area contributed by atoms with Gasteiger partial charge in [0, 0.05) is 0 Å². The van der Waals surface area contributed by atoms with Crippen molar-refractivity contribution in [1.29, 1.82) is 0 Å². The van der Waals surface area contributed by atoms with E-state index in [-0.39, 0.29) is 10.8 Å². The van der Waals surface area contributed by atoms with Crippen molar-refractivity contribution in [1.82, 2.24) is 0 Å². The van der Waals surface area contributed by atoms with Gasteiger partial charge in [0.1, 0.15) is 0 Å². The first kappa shape index (κ1) is 16.4. The van der Waals surface area contributed by atoms with Crippen molar-refractivity contribution in [3.63, 3.8) is 0 Å². The van der Waals surface area contributed by atoms with E-state index in [9.17, 15) is 0 Å². The number of hydrogen-bond acceptors (Lipinski definition) is 1. The first-order valence-electron chi connectivity index (χ1n) is 7.43. The molecule has 1 aliphatic rings. The SMILES string of the molecule is CCCOc1cc2c(cc1[Se][Se])C(C)(C)CCC2(C)C. The second-order valence-electron chi connectivity index (χ2n) is 7.04. The maximum atomic E-state index is 6.00. The van der Waals surface area contributed by atoms with Crippen molar-refractivity contribution in [2.75, 3.05) is 6.61 Å². The van der Waals surface area contributed by atoms with Crippen LogP contribution >= 0.6 is 0 Å². The summed E-state index contributed by atoms with van der Waals surface area (Å²) >= 11 is 3.57. The molecule has 0 heterocycles. The molecule has 1 aliphatic carbocycles. The average molecular weight is 403 g/mol. The van der Waals surface area contributed by atoms with Gasteiger partial charge in [0.25, 0.3) is 0 Å². The second kappa shape index (κ2) is 6.05. The van der Waals surface area contributed by atoms with Crippen LogP contribution in [0.2, 0.25) is 0 Å². The van der Waals surface area contributed by atoms with E-state index < -0.39 is 0 Å². The van der Waals surface area contributed by atoms with Gasteiger partial charge in [-0.1, -0.05) is 0 Å². The van der Waals surface area contributed by atoms with E-state index in [1.165, 1.54) is 28.4 Å². The van der Waals surface area contributed by atoms with E-state index in [1.807, 2.05) is 0 Å². The van der Waals surface area contributed by atoms with E-state index in [1.54, 1.807) is 0 Å². The predicted octanol–water partition coefficient (Wildman–Crippen LogP) is 3.24. The van der Waals surface area contributed by atoms with Gasteiger partial charge in [-0.2, -0.15) is 0 Å². The Morgan fingerprint density at radius 3 is 2.15 bits per heavy atom. The van der Waals surface area contributed by atoms with Crippen molar-refractivity contribution in [3.05, 3.63) is 23.3 Å². The fourth-order valence-electron chi connectivity index (χ4n) is 2.96. The molecule has 3 heteroatoms. The number of fused-ring (bicyclic) bond motifs is 1. The number of rotatable bonds is 4. The van der Waals surface area contributed by atoms with Crippen LogP contribution in [0.4, 0.5) is 0 Å². The minimum absolute atomic E-state index is 0.262. The average Bonchev–Trinajstić information content (AvgIpc) is 2.41. The molecule has 111 valence electrons. The Labute approximate surface area is 136 Å². The third-order valence-electron chi connectivity index (χ3n) is 4.47. The van der Waals surface area contributed by atoms with Crippen LogP contribution in [0.5, 0.6) is 5.75 Å². The van der Waals surface area contributed by atoms with Gasteiger partial charge in [-0.25, -0.2) is 0 Å². The van der Waals surface area contributed by atoms with Crippen LogP contribution in [0.1, 0.15) is 65.0 Å². The summed E-state index contributed by atoms with van der Waals surface area (Å²) in [6.07, 6.45) is 3.58. The molecule has 0 spiro atoms. The van der Waals surface area contributed by atoms with Crippen LogP contribution in [0.15, 0.2) is 12.1 Å². The van der Waals surface area contributed by atoms with Crippen LogP contribution in [0.3, 0.4) is 0 Å². The fourth-order valence-corrected chi connectivity index (χ4v) is 5.15. The van der Waals surface area contributed by atoms with Gasteiger partial charge in [0.05, 0.1) is 0 Å². The number of ether oxygens (including phenoxy) is 1. The van der Waals surface area contributed by atoms with Crippen LogP contribution in [0.25, 0.3) is 0 Å². The topological polar surface area (TPSA) is 9.23 Å². The first-order valence-corrected chi connectivity index (χ1v) is 12.6. The quantitative estimate of drug-likeness (QED) is 0.702. The molecule has 1 aromatic carbocycles. The monoisotopic (exact) mass is 405 g/mol. The molecule has 0 fully saturated rings. The van der Waals surface area contributed by atoms with Gasteiger partial charge >= 0.3 is 137 Å². The summed E-state index contributed by atoms with van der Waals surface area (Å²) in [4.78, 5) is 0. The Hall–Kier alpha value is 0.0590. The Balaban J connectivity index is 2.55. The summed E-state index contributed by atoms with van der Waals surface area (Å²) in [6, 6.07) is 4.75. The van der Waals surface area contributed by atoms with Gasteiger partial charge in [-0.3, -0.25) is 0 Å². The Morgan fingerprint density at radius 2 is 1.65 bits per heavy atom. The van der Waals surface area contributed by atoms with E-state index in [0.29, 0.717) is 13.1 Å². The molecule has 0 saturated heterocycles. The normalized spacial score (nSPS) is 19.5. The molecule has 0 aromatic heterocycles. The van der Waals surface area contributed by atoms with Crippen molar-refractivity contribution < 1.29 is 4.74 Å². The van der Waals surface area contributed by atoms with Gasteiger partial charge in [0.15, 0.2) is 0 Å². The Morgan fingerprint density at radius 1 is 1.10 bits per heavy atom. The minimum atomic E-state index is 0.262. The Bertz CT molecular complexity index is 492. The van der Waals surface area contributed by atoms with Crippen molar-refractivity contribution in [2.45, 2.75) is 64.7 Å². The second-order valence-corrected chi connectivity index (χ2v) is 10.1. The van der Waals surface area contributed by atoms with E-state index >= 15 is 0 Å². The van der Waals surface area contributed by atoms with E-state index in [2.05, 4.69) is 60.9 Å². The van der Waals surface area contributed by atoms with Crippen LogP contribution in [-0.4, -0.2) is 33.9 Å². The zero-order valence-electron chi connectivity index (χ0n) is 13.2. The van der Waals surface area contributed by atoms with Crippen LogP contribution < -0.4 is 9.20 Å². The van der Waals surface area contributed by atoms with Crippen molar-refractivity contribution in [2.24, 2.45) is 0 Å². The van der Waals surface area contributed by atoms with Crippen molar-refractivity contribution in [3.8, 4) is 5.75 Å². The molecule has 0 aliphatic heterocycles. The van der Waals surface area contributed by atoms with Crippen molar-refractivity contribution >= 4 is 31.8 Å². The zero-order valence-corrected chi connectivity index (χ0v) is 16.6. The van der Waals surface area contributed by atoms with Gasteiger partial charge in [0.2, 0.25) is 0 Å². The molecule has 20 heavy (non-hydrogen) atoms. The molecule has 0 saturated carbocycles. The van der Waals surface area contributed by atoms with Gasteiger partial charge in [-0.15, -0.1) is 0 Å². The first-order chi connectivity index (χ1) is 9.31. The van der Waals surface area contributed by atoms with Gasteiger partial charge in [-0.05, 0) is 0 Å². The fraction of sp³-hybridized carbons (Fsp3) is 0.647.